The third-order valence-corrected chi connectivity index (χ3v) is 6.00. The number of aromatic nitrogens is 6. The van der Waals surface area contributed by atoms with E-state index in [1.54, 1.807) is 42.9 Å². The fraction of sp³-hybridized carbons (Fsp3) is 0.304. The number of para-hydroxylation sites is 1. The number of rotatable bonds is 6. The Hall–Kier alpha value is -4.68. The molecule has 1 amide bonds. The van der Waals surface area contributed by atoms with Gasteiger partial charge in [-0.15, -0.1) is 0 Å². The summed E-state index contributed by atoms with van der Waals surface area (Å²) >= 11 is 0. The molecule has 0 saturated carbocycles. The number of anilines is 1. The maximum Gasteiger partial charge on any atom is 0.332 e. The molecule has 3 aromatic heterocycles. The maximum atomic E-state index is 13.0. The SMILES string of the molecule is Cc1c(NC(=O)C(C)OC(=O)Cn2cnc3c2c(=O)n(C)c(=O)n3C)c(=O)n(-c2ccccc2)n1C. The first kappa shape index (κ1) is 24.4. The zero-order valence-electron chi connectivity index (χ0n) is 20.4. The molecule has 36 heavy (non-hydrogen) atoms. The smallest absolute Gasteiger partial charge is 0.332 e. The lowest BCUT2D eigenvalue weighted by molar-refractivity contribution is -0.153. The molecule has 0 fully saturated rings. The number of carbonyl (C=O) groups is 2. The van der Waals surface area contributed by atoms with E-state index in [4.69, 9.17) is 4.74 Å². The van der Waals surface area contributed by atoms with Crippen LogP contribution in [-0.2, 0) is 42.0 Å². The molecule has 188 valence electrons. The zero-order chi connectivity index (χ0) is 26.3. The highest BCUT2D eigenvalue weighted by Gasteiger charge is 2.24. The molecular weight excluding hydrogens is 470 g/mol. The summed E-state index contributed by atoms with van der Waals surface area (Å²) in [5, 5.41) is 2.55. The Kier molecular flexibility index (Phi) is 6.23. The average molecular weight is 495 g/mol. The van der Waals surface area contributed by atoms with Crippen LogP contribution in [0.25, 0.3) is 16.9 Å². The molecule has 1 atom stereocenters. The van der Waals surface area contributed by atoms with Crippen LogP contribution in [0.4, 0.5) is 5.69 Å². The first-order valence-electron chi connectivity index (χ1n) is 11.0. The second kappa shape index (κ2) is 9.17. The van der Waals surface area contributed by atoms with Crippen LogP contribution in [0.15, 0.2) is 51.0 Å². The monoisotopic (exact) mass is 495 g/mol. The first-order chi connectivity index (χ1) is 17.0. The van der Waals surface area contributed by atoms with E-state index in [2.05, 4.69) is 10.3 Å². The molecule has 1 N–H and O–H groups in total. The van der Waals surface area contributed by atoms with Gasteiger partial charge in [-0.3, -0.25) is 33.0 Å². The van der Waals surface area contributed by atoms with Crippen molar-refractivity contribution in [3.63, 3.8) is 0 Å². The summed E-state index contributed by atoms with van der Waals surface area (Å²) in [6.07, 6.45) is 0.0142. The van der Waals surface area contributed by atoms with Crippen LogP contribution in [0.2, 0.25) is 0 Å². The number of hydrogen-bond acceptors (Lipinski definition) is 7. The quantitative estimate of drug-likeness (QED) is 0.365. The van der Waals surface area contributed by atoms with Gasteiger partial charge in [-0.25, -0.2) is 14.5 Å². The Morgan fingerprint density at radius 3 is 2.36 bits per heavy atom. The molecule has 0 saturated heterocycles. The van der Waals surface area contributed by atoms with Crippen LogP contribution in [0.1, 0.15) is 12.6 Å². The van der Waals surface area contributed by atoms with E-state index < -0.39 is 41.3 Å². The largest absolute Gasteiger partial charge is 0.451 e. The van der Waals surface area contributed by atoms with Gasteiger partial charge in [-0.05, 0) is 26.0 Å². The number of amides is 1. The molecule has 0 radical (unpaired) electrons. The van der Waals surface area contributed by atoms with E-state index in [1.165, 1.54) is 41.2 Å². The van der Waals surface area contributed by atoms with E-state index in [-0.39, 0.29) is 16.9 Å². The molecule has 0 bridgehead atoms. The number of hydrogen-bond donors (Lipinski definition) is 1. The van der Waals surface area contributed by atoms with E-state index >= 15 is 0 Å². The molecule has 0 aliphatic heterocycles. The van der Waals surface area contributed by atoms with Crippen molar-refractivity contribution in [1.29, 1.82) is 0 Å². The number of aryl methyl sites for hydroxylation is 1. The van der Waals surface area contributed by atoms with Crippen molar-refractivity contribution >= 4 is 28.7 Å². The molecule has 1 unspecified atom stereocenters. The molecule has 4 aromatic rings. The Morgan fingerprint density at radius 2 is 1.69 bits per heavy atom. The number of ether oxygens (including phenoxy) is 1. The summed E-state index contributed by atoms with van der Waals surface area (Å²) in [7, 11) is 4.48. The second-order valence-corrected chi connectivity index (χ2v) is 8.31. The van der Waals surface area contributed by atoms with Gasteiger partial charge in [0.05, 0.1) is 17.7 Å². The Balaban J connectivity index is 1.51. The Bertz CT molecular complexity index is 1670. The van der Waals surface area contributed by atoms with Gasteiger partial charge in [-0.2, -0.15) is 0 Å². The number of esters is 1. The van der Waals surface area contributed by atoms with Crippen LogP contribution in [0.5, 0.6) is 0 Å². The third-order valence-electron chi connectivity index (χ3n) is 6.00. The minimum Gasteiger partial charge on any atom is -0.451 e. The van der Waals surface area contributed by atoms with Crippen LogP contribution < -0.4 is 22.1 Å². The van der Waals surface area contributed by atoms with Crippen molar-refractivity contribution in [3.05, 3.63) is 73.5 Å². The van der Waals surface area contributed by atoms with E-state index in [0.29, 0.717) is 11.4 Å². The summed E-state index contributed by atoms with van der Waals surface area (Å²) in [6, 6.07) is 8.95. The number of imidazole rings is 1. The number of fused-ring (bicyclic) bond motifs is 1. The van der Waals surface area contributed by atoms with Crippen molar-refractivity contribution in [2.45, 2.75) is 26.5 Å². The predicted octanol–water partition coefficient (Wildman–Crippen LogP) is -0.198. The molecule has 13 nitrogen and oxygen atoms in total. The molecule has 4 rings (SSSR count). The fourth-order valence-electron chi connectivity index (χ4n) is 3.88. The van der Waals surface area contributed by atoms with Gasteiger partial charge in [0.25, 0.3) is 17.0 Å². The minimum absolute atomic E-state index is 0.0510. The van der Waals surface area contributed by atoms with Crippen LogP contribution >= 0.6 is 0 Å². The molecule has 1 aromatic carbocycles. The normalized spacial score (nSPS) is 12.0. The summed E-state index contributed by atoms with van der Waals surface area (Å²) < 4.78 is 11.6. The van der Waals surface area contributed by atoms with Crippen LogP contribution in [0.3, 0.4) is 0 Å². The van der Waals surface area contributed by atoms with Crippen molar-refractivity contribution in [1.82, 2.24) is 28.0 Å². The lowest BCUT2D eigenvalue weighted by Gasteiger charge is -2.13. The average Bonchev–Trinajstić information content (AvgIpc) is 3.36. The lowest BCUT2D eigenvalue weighted by atomic mass is 10.3. The van der Waals surface area contributed by atoms with Crippen molar-refractivity contribution < 1.29 is 14.3 Å². The highest BCUT2D eigenvalue weighted by Crippen LogP contribution is 2.15. The number of carbonyl (C=O) groups excluding carboxylic acids is 2. The van der Waals surface area contributed by atoms with Gasteiger partial charge in [-0.1, -0.05) is 18.2 Å². The summed E-state index contributed by atoms with van der Waals surface area (Å²) in [5.74, 6) is -1.50. The molecule has 0 spiro atoms. The van der Waals surface area contributed by atoms with Gasteiger partial charge in [0.15, 0.2) is 17.3 Å². The van der Waals surface area contributed by atoms with Crippen LogP contribution in [0, 0.1) is 6.92 Å². The molecule has 13 heteroatoms. The highest BCUT2D eigenvalue weighted by molar-refractivity contribution is 5.95. The van der Waals surface area contributed by atoms with E-state index in [9.17, 15) is 24.0 Å². The molecule has 3 heterocycles. The van der Waals surface area contributed by atoms with Gasteiger partial charge < -0.3 is 14.6 Å². The highest BCUT2D eigenvalue weighted by atomic mass is 16.5. The number of benzene rings is 1. The number of nitrogens with zero attached hydrogens (tertiary/aromatic N) is 6. The van der Waals surface area contributed by atoms with Gasteiger partial charge in [0, 0.05) is 21.1 Å². The first-order valence-corrected chi connectivity index (χ1v) is 11.0. The van der Waals surface area contributed by atoms with Gasteiger partial charge in [0.2, 0.25) is 0 Å². The Labute approximate surface area is 203 Å². The minimum atomic E-state index is -1.23. The predicted molar refractivity (Wildman–Crippen MR) is 130 cm³/mol. The Morgan fingerprint density at radius 1 is 1.03 bits per heavy atom. The fourth-order valence-corrected chi connectivity index (χ4v) is 3.88. The van der Waals surface area contributed by atoms with Gasteiger partial charge >= 0.3 is 11.7 Å². The standard InChI is InChI=1S/C23H25N7O6/c1-13-17(21(33)30(28(13)5)15-9-7-6-8-10-15)25-20(32)14(2)36-16(31)11-29-12-24-19-18(29)22(34)27(4)23(35)26(19)3/h6-10,12,14H,11H2,1-5H3,(H,25,32). The third kappa shape index (κ3) is 4.04. The summed E-state index contributed by atoms with van der Waals surface area (Å²) in [6.45, 7) is 2.65. The van der Waals surface area contributed by atoms with Crippen LogP contribution in [-0.4, -0.2) is 46.0 Å². The van der Waals surface area contributed by atoms with E-state index in [1.807, 2.05) is 6.07 Å². The summed E-state index contributed by atoms with van der Waals surface area (Å²) in [5.41, 5.74) is -0.206. The number of nitrogens with one attached hydrogen (secondary N) is 1. The topological polar surface area (TPSA) is 144 Å². The molecular formula is C23H25N7O6. The van der Waals surface area contributed by atoms with Crippen molar-refractivity contribution in [3.8, 4) is 5.69 Å². The van der Waals surface area contributed by atoms with Gasteiger partial charge in [0.1, 0.15) is 12.2 Å². The lowest BCUT2D eigenvalue weighted by Crippen LogP contribution is -2.38. The van der Waals surface area contributed by atoms with E-state index in [0.717, 1.165) is 4.57 Å². The zero-order valence-corrected chi connectivity index (χ0v) is 20.4. The maximum absolute atomic E-state index is 13.0. The molecule has 0 aliphatic rings. The second-order valence-electron chi connectivity index (χ2n) is 8.31. The molecule has 0 aliphatic carbocycles. The van der Waals surface area contributed by atoms with Crippen molar-refractivity contribution in [2.24, 2.45) is 21.1 Å². The summed E-state index contributed by atoms with van der Waals surface area (Å²) in [4.78, 5) is 66.9. The van der Waals surface area contributed by atoms with Crippen molar-refractivity contribution in [2.75, 3.05) is 5.32 Å².